The number of methoxy groups -OCH3 is 3. The zero-order chi connectivity index (χ0) is 20.4. The average molecular weight is 378 g/mol. The molecule has 0 aliphatic heterocycles. The third-order valence-corrected chi connectivity index (χ3v) is 4.89. The maximum Gasteiger partial charge on any atom is 0.337 e. The van der Waals surface area contributed by atoms with Crippen molar-refractivity contribution in [2.45, 2.75) is 24.9 Å². The summed E-state index contributed by atoms with van der Waals surface area (Å²) in [5.41, 5.74) is -1.03. The molecule has 0 spiro atoms. The number of ketones is 1. The van der Waals surface area contributed by atoms with Crippen molar-refractivity contribution < 1.29 is 38.5 Å². The molecular weight excluding hydrogens is 356 g/mol. The number of benzene rings is 1. The zero-order valence-electron chi connectivity index (χ0n) is 15.6. The van der Waals surface area contributed by atoms with E-state index in [2.05, 4.69) is 4.74 Å². The van der Waals surface area contributed by atoms with E-state index in [9.17, 15) is 24.3 Å². The number of carbonyl (C=O) groups excluding carboxylic acids is 4. The number of esters is 3. The smallest absolute Gasteiger partial charge is 0.337 e. The summed E-state index contributed by atoms with van der Waals surface area (Å²) < 4.78 is 14.2. The Hall–Kier alpha value is -2.74. The third-order valence-electron chi connectivity index (χ3n) is 4.89. The van der Waals surface area contributed by atoms with Crippen molar-refractivity contribution in [2.75, 3.05) is 21.3 Å². The van der Waals surface area contributed by atoms with Gasteiger partial charge in [0.15, 0.2) is 5.78 Å². The molecule has 0 unspecified atom stereocenters. The first-order valence-electron chi connectivity index (χ1n) is 8.27. The molecule has 8 nitrogen and oxygen atoms in total. The molecule has 1 N–H and O–H groups in total. The number of rotatable bonds is 4. The lowest BCUT2D eigenvalue weighted by Crippen LogP contribution is -2.55. The lowest BCUT2D eigenvalue weighted by Gasteiger charge is -2.43. The fourth-order valence-electron chi connectivity index (χ4n) is 3.63. The molecule has 1 fully saturated rings. The molecular formula is C19H22O8. The average Bonchev–Trinajstić information content (AvgIpc) is 2.65. The second kappa shape index (κ2) is 7.87. The molecule has 146 valence electrons. The molecule has 0 heterocycles. The fraction of sp³-hybridized carbons (Fsp3) is 0.474. The normalized spacial score (nSPS) is 27.6. The highest BCUT2D eigenvalue weighted by Gasteiger charge is 2.56. The molecule has 2 rings (SSSR count). The predicted molar refractivity (Wildman–Crippen MR) is 91.8 cm³/mol. The lowest BCUT2D eigenvalue weighted by molar-refractivity contribution is -0.170. The number of hydrogen-bond donors (Lipinski definition) is 1. The Morgan fingerprint density at radius 2 is 1.56 bits per heavy atom. The first kappa shape index (κ1) is 20.6. The second-order valence-corrected chi connectivity index (χ2v) is 6.64. The van der Waals surface area contributed by atoms with Gasteiger partial charge in [0.05, 0.1) is 38.4 Å². The minimum atomic E-state index is -1.71. The van der Waals surface area contributed by atoms with E-state index in [0.29, 0.717) is 5.56 Å². The van der Waals surface area contributed by atoms with E-state index in [1.165, 1.54) is 45.4 Å². The summed E-state index contributed by atoms with van der Waals surface area (Å²) in [7, 11) is 3.56. The first-order chi connectivity index (χ1) is 12.7. The van der Waals surface area contributed by atoms with Crippen LogP contribution in [0.15, 0.2) is 24.3 Å². The van der Waals surface area contributed by atoms with Crippen LogP contribution in [0.25, 0.3) is 0 Å². The van der Waals surface area contributed by atoms with Gasteiger partial charge >= 0.3 is 17.9 Å². The van der Waals surface area contributed by atoms with Gasteiger partial charge in [-0.15, -0.1) is 0 Å². The van der Waals surface area contributed by atoms with Crippen molar-refractivity contribution in [3.05, 3.63) is 35.4 Å². The van der Waals surface area contributed by atoms with Gasteiger partial charge in [0.1, 0.15) is 5.92 Å². The van der Waals surface area contributed by atoms with Gasteiger partial charge < -0.3 is 19.3 Å². The van der Waals surface area contributed by atoms with Gasteiger partial charge in [0.25, 0.3) is 0 Å². The highest BCUT2D eigenvalue weighted by molar-refractivity contribution is 6.02. The molecule has 0 saturated heterocycles. The Morgan fingerprint density at radius 3 is 2.04 bits per heavy atom. The van der Waals surface area contributed by atoms with E-state index >= 15 is 0 Å². The van der Waals surface area contributed by atoms with Crippen LogP contribution in [0.3, 0.4) is 0 Å². The van der Waals surface area contributed by atoms with Crippen LogP contribution in [-0.2, 0) is 28.6 Å². The minimum absolute atomic E-state index is 0.263. The van der Waals surface area contributed by atoms with E-state index in [1.807, 2.05) is 0 Å². The van der Waals surface area contributed by atoms with Crippen molar-refractivity contribution in [2.24, 2.45) is 11.8 Å². The van der Waals surface area contributed by atoms with Gasteiger partial charge in [0, 0.05) is 12.3 Å². The molecule has 1 aliphatic carbocycles. The monoisotopic (exact) mass is 378 g/mol. The molecule has 0 aromatic heterocycles. The molecule has 0 radical (unpaired) electrons. The number of aliphatic hydroxyl groups is 1. The van der Waals surface area contributed by atoms with Crippen molar-refractivity contribution in [3.8, 4) is 0 Å². The molecule has 1 aliphatic rings. The molecule has 8 heteroatoms. The molecule has 1 aromatic rings. The number of carbonyl (C=O) groups is 4. The Bertz CT molecular complexity index is 749. The van der Waals surface area contributed by atoms with Crippen molar-refractivity contribution >= 4 is 23.7 Å². The van der Waals surface area contributed by atoms with Gasteiger partial charge in [-0.1, -0.05) is 12.1 Å². The van der Waals surface area contributed by atoms with E-state index in [1.54, 1.807) is 0 Å². The van der Waals surface area contributed by atoms with Crippen LogP contribution in [0.2, 0.25) is 0 Å². The summed E-state index contributed by atoms with van der Waals surface area (Å²) in [5, 5.41) is 10.7. The summed E-state index contributed by atoms with van der Waals surface area (Å²) >= 11 is 0. The maximum atomic E-state index is 12.6. The summed E-state index contributed by atoms with van der Waals surface area (Å²) in [5.74, 6) is -6.09. The minimum Gasteiger partial charge on any atom is -0.469 e. The number of Topliss-reactive ketones (excluding diaryl/α,β-unsaturated/α-hetero) is 1. The summed E-state index contributed by atoms with van der Waals surface area (Å²) in [4.78, 5) is 48.9. The van der Waals surface area contributed by atoms with Crippen LogP contribution in [0.5, 0.6) is 0 Å². The van der Waals surface area contributed by atoms with Crippen LogP contribution in [0.1, 0.15) is 35.2 Å². The highest BCUT2D eigenvalue weighted by Crippen LogP contribution is 2.46. The van der Waals surface area contributed by atoms with Gasteiger partial charge in [-0.3, -0.25) is 14.4 Å². The van der Waals surface area contributed by atoms with Crippen LogP contribution in [-0.4, -0.2) is 55.7 Å². The standard InChI is InChI=1S/C19H22O8/c1-19(24)9-12(20)14(17(22)26-3)13(15(19)18(23)27-4)10-5-7-11(8-6-10)16(21)25-2/h5-8,13-15,24H,9H2,1-4H3/t13-,14+,15+,19+/m0/s1. The van der Waals surface area contributed by atoms with E-state index in [0.717, 1.165) is 7.11 Å². The van der Waals surface area contributed by atoms with Crippen LogP contribution in [0.4, 0.5) is 0 Å². The third kappa shape index (κ3) is 3.85. The van der Waals surface area contributed by atoms with E-state index < -0.39 is 47.0 Å². The Kier molecular flexibility index (Phi) is 6.00. The van der Waals surface area contributed by atoms with Gasteiger partial charge in [-0.05, 0) is 24.6 Å². The Morgan fingerprint density at radius 1 is 1.00 bits per heavy atom. The van der Waals surface area contributed by atoms with Crippen LogP contribution in [0, 0.1) is 11.8 Å². The quantitative estimate of drug-likeness (QED) is 0.466. The van der Waals surface area contributed by atoms with Crippen LogP contribution >= 0.6 is 0 Å². The predicted octanol–water partition coefficient (Wildman–Crippen LogP) is 0.859. The Labute approximate surface area is 156 Å². The molecule has 1 aromatic carbocycles. The van der Waals surface area contributed by atoms with Crippen molar-refractivity contribution in [3.63, 3.8) is 0 Å². The SMILES string of the molecule is COC(=O)c1ccc([C@H]2[C@H](C(=O)OC)C(=O)C[C@@](C)(O)[C@H]2C(=O)OC)cc1. The van der Waals surface area contributed by atoms with E-state index in [4.69, 9.17) is 9.47 Å². The molecule has 4 atom stereocenters. The van der Waals surface area contributed by atoms with Crippen molar-refractivity contribution in [1.29, 1.82) is 0 Å². The fourth-order valence-corrected chi connectivity index (χ4v) is 3.63. The van der Waals surface area contributed by atoms with Gasteiger partial charge in [-0.2, -0.15) is 0 Å². The molecule has 1 saturated carbocycles. The van der Waals surface area contributed by atoms with Crippen molar-refractivity contribution in [1.82, 2.24) is 0 Å². The summed E-state index contributed by atoms with van der Waals surface area (Å²) in [6.45, 7) is 1.36. The number of hydrogen-bond acceptors (Lipinski definition) is 8. The second-order valence-electron chi connectivity index (χ2n) is 6.64. The molecule has 0 bridgehead atoms. The summed E-state index contributed by atoms with van der Waals surface area (Å²) in [6.07, 6.45) is -0.386. The summed E-state index contributed by atoms with van der Waals surface area (Å²) in [6, 6.07) is 5.93. The lowest BCUT2D eigenvalue weighted by atomic mass is 9.61. The topological polar surface area (TPSA) is 116 Å². The van der Waals surface area contributed by atoms with Crippen LogP contribution < -0.4 is 0 Å². The van der Waals surface area contributed by atoms with E-state index in [-0.39, 0.29) is 12.0 Å². The van der Waals surface area contributed by atoms with Gasteiger partial charge in [0.2, 0.25) is 0 Å². The highest BCUT2D eigenvalue weighted by atomic mass is 16.5. The zero-order valence-corrected chi connectivity index (χ0v) is 15.6. The Balaban J connectivity index is 2.60. The number of ether oxygens (including phenoxy) is 3. The molecule has 27 heavy (non-hydrogen) atoms. The first-order valence-corrected chi connectivity index (χ1v) is 8.27. The maximum absolute atomic E-state index is 12.6. The largest absolute Gasteiger partial charge is 0.469 e. The molecule has 0 amide bonds. The van der Waals surface area contributed by atoms with Gasteiger partial charge in [-0.25, -0.2) is 4.79 Å².